The Labute approximate surface area is 149 Å². The molecule has 0 unspecified atom stereocenters. The van der Waals surface area contributed by atoms with E-state index in [2.05, 4.69) is 10.1 Å². The molecular formula is C19H14N2O5. The second-order valence-electron chi connectivity index (χ2n) is 5.12. The van der Waals surface area contributed by atoms with Crippen molar-refractivity contribution in [1.29, 1.82) is 5.26 Å². The molecule has 0 fully saturated rings. The number of ether oxygens (including phenoxy) is 1. The minimum Gasteiger partial charge on any atom is -0.478 e. The lowest BCUT2D eigenvalue weighted by Crippen LogP contribution is -2.14. The van der Waals surface area contributed by atoms with Crippen LogP contribution in [0, 0.1) is 11.3 Å². The van der Waals surface area contributed by atoms with Crippen molar-refractivity contribution < 1.29 is 24.2 Å². The summed E-state index contributed by atoms with van der Waals surface area (Å²) in [5, 5.41) is 20.7. The number of amides is 1. The predicted octanol–water partition coefficient (Wildman–Crippen LogP) is 2.72. The van der Waals surface area contributed by atoms with E-state index in [1.165, 1.54) is 49.6 Å². The van der Waals surface area contributed by atoms with Crippen LogP contribution in [0.2, 0.25) is 0 Å². The van der Waals surface area contributed by atoms with Gasteiger partial charge in [-0.3, -0.25) is 4.79 Å². The number of carboxylic acid groups (broad SMARTS) is 1. The Morgan fingerprint density at radius 1 is 1.12 bits per heavy atom. The summed E-state index contributed by atoms with van der Waals surface area (Å²) in [5.74, 6) is -2.29. The van der Waals surface area contributed by atoms with Crippen molar-refractivity contribution in [3.05, 3.63) is 70.8 Å². The SMILES string of the molecule is COC(=O)c1ccc(/C=C(/C#N)C(=O)Nc2cccc(C(=O)O)c2)cc1. The predicted molar refractivity (Wildman–Crippen MR) is 93.4 cm³/mol. The summed E-state index contributed by atoms with van der Waals surface area (Å²) in [4.78, 5) is 34.6. The Morgan fingerprint density at radius 2 is 1.81 bits per heavy atom. The van der Waals surface area contributed by atoms with Gasteiger partial charge in [0.05, 0.1) is 18.2 Å². The van der Waals surface area contributed by atoms with Gasteiger partial charge in [0, 0.05) is 5.69 Å². The molecule has 0 saturated carbocycles. The van der Waals surface area contributed by atoms with Crippen LogP contribution >= 0.6 is 0 Å². The first-order chi connectivity index (χ1) is 12.4. The van der Waals surface area contributed by atoms with E-state index in [1.54, 1.807) is 18.2 Å². The normalized spacial score (nSPS) is 10.5. The topological polar surface area (TPSA) is 116 Å². The first-order valence-corrected chi connectivity index (χ1v) is 7.39. The van der Waals surface area contributed by atoms with Crippen molar-refractivity contribution in [2.24, 2.45) is 0 Å². The molecule has 0 saturated heterocycles. The van der Waals surface area contributed by atoms with Gasteiger partial charge in [-0.1, -0.05) is 18.2 Å². The minimum absolute atomic E-state index is 0.0173. The van der Waals surface area contributed by atoms with E-state index < -0.39 is 17.8 Å². The van der Waals surface area contributed by atoms with Crippen molar-refractivity contribution in [2.75, 3.05) is 12.4 Å². The molecule has 0 aromatic heterocycles. The summed E-state index contributed by atoms with van der Waals surface area (Å²) >= 11 is 0. The molecule has 0 bridgehead atoms. The molecule has 2 aromatic carbocycles. The highest BCUT2D eigenvalue weighted by Gasteiger charge is 2.11. The lowest BCUT2D eigenvalue weighted by atomic mass is 10.1. The maximum Gasteiger partial charge on any atom is 0.337 e. The maximum absolute atomic E-state index is 12.2. The Hall–Kier alpha value is -3.92. The highest BCUT2D eigenvalue weighted by molar-refractivity contribution is 6.10. The molecule has 0 aliphatic heterocycles. The number of carbonyl (C=O) groups is 3. The number of nitriles is 1. The van der Waals surface area contributed by atoms with E-state index in [9.17, 15) is 19.6 Å². The summed E-state index contributed by atoms with van der Waals surface area (Å²) in [7, 11) is 1.27. The van der Waals surface area contributed by atoms with Crippen LogP contribution in [0.1, 0.15) is 26.3 Å². The Bertz CT molecular complexity index is 924. The molecule has 7 nitrogen and oxygen atoms in total. The van der Waals surface area contributed by atoms with Gasteiger partial charge in [0.15, 0.2) is 0 Å². The summed E-state index contributed by atoms with van der Waals surface area (Å²) < 4.78 is 4.60. The molecule has 0 radical (unpaired) electrons. The van der Waals surface area contributed by atoms with E-state index in [-0.39, 0.29) is 16.8 Å². The van der Waals surface area contributed by atoms with Gasteiger partial charge in [0.25, 0.3) is 5.91 Å². The van der Waals surface area contributed by atoms with Crippen molar-refractivity contribution in [3.8, 4) is 6.07 Å². The zero-order chi connectivity index (χ0) is 19.1. The quantitative estimate of drug-likeness (QED) is 0.486. The highest BCUT2D eigenvalue weighted by atomic mass is 16.5. The molecule has 0 aliphatic carbocycles. The van der Waals surface area contributed by atoms with E-state index >= 15 is 0 Å². The molecule has 130 valence electrons. The van der Waals surface area contributed by atoms with Crippen LogP contribution in [0.4, 0.5) is 5.69 Å². The molecule has 2 N–H and O–H groups in total. The van der Waals surface area contributed by atoms with Gasteiger partial charge in [0.2, 0.25) is 0 Å². The average molecular weight is 350 g/mol. The number of carbonyl (C=O) groups excluding carboxylic acids is 2. The first-order valence-electron chi connectivity index (χ1n) is 7.39. The lowest BCUT2D eigenvalue weighted by molar-refractivity contribution is -0.112. The number of benzene rings is 2. The molecular weight excluding hydrogens is 336 g/mol. The summed E-state index contributed by atoms with van der Waals surface area (Å²) in [6, 6.07) is 13.7. The number of methoxy groups -OCH3 is 1. The molecule has 0 heterocycles. The number of hydrogen-bond acceptors (Lipinski definition) is 5. The van der Waals surface area contributed by atoms with Gasteiger partial charge in [-0.05, 0) is 42.0 Å². The van der Waals surface area contributed by atoms with Gasteiger partial charge in [0.1, 0.15) is 11.6 Å². The van der Waals surface area contributed by atoms with Crippen molar-refractivity contribution in [1.82, 2.24) is 0 Å². The standard InChI is InChI=1S/C19H14N2O5/c1-26-19(25)13-7-5-12(6-8-13)9-15(11-20)17(22)21-16-4-2-3-14(10-16)18(23)24/h2-10H,1H3,(H,21,22)(H,23,24)/b15-9-. The smallest absolute Gasteiger partial charge is 0.337 e. The molecule has 7 heteroatoms. The summed E-state index contributed by atoms with van der Waals surface area (Å²) in [6.45, 7) is 0. The third-order valence-electron chi connectivity index (χ3n) is 3.38. The van der Waals surface area contributed by atoms with Gasteiger partial charge < -0.3 is 15.2 Å². The number of hydrogen-bond donors (Lipinski definition) is 2. The van der Waals surface area contributed by atoms with Crippen molar-refractivity contribution >= 4 is 29.6 Å². The Morgan fingerprint density at radius 3 is 2.38 bits per heavy atom. The molecule has 0 spiro atoms. The van der Waals surface area contributed by atoms with Gasteiger partial charge >= 0.3 is 11.9 Å². The highest BCUT2D eigenvalue weighted by Crippen LogP contribution is 2.14. The Kier molecular flexibility index (Phi) is 5.85. The fourth-order valence-electron chi connectivity index (χ4n) is 2.08. The van der Waals surface area contributed by atoms with Crippen LogP contribution < -0.4 is 5.32 Å². The molecule has 2 rings (SSSR count). The van der Waals surface area contributed by atoms with Crippen molar-refractivity contribution in [3.63, 3.8) is 0 Å². The molecule has 0 aliphatic rings. The number of carboxylic acids is 1. The van der Waals surface area contributed by atoms with Crippen LogP contribution in [0.15, 0.2) is 54.1 Å². The molecule has 26 heavy (non-hydrogen) atoms. The van der Waals surface area contributed by atoms with E-state index in [1.807, 2.05) is 0 Å². The van der Waals surface area contributed by atoms with Crippen LogP contribution in [-0.2, 0) is 9.53 Å². The second kappa shape index (κ2) is 8.26. The van der Waals surface area contributed by atoms with Gasteiger partial charge in [-0.25, -0.2) is 9.59 Å². The zero-order valence-electron chi connectivity index (χ0n) is 13.7. The average Bonchev–Trinajstić information content (AvgIpc) is 2.66. The fraction of sp³-hybridized carbons (Fsp3) is 0.0526. The van der Waals surface area contributed by atoms with E-state index in [0.717, 1.165) is 0 Å². The van der Waals surface area contributed by atoms with Crippen LogP contribution in [0.3, 0.4) is 0 Å². The molecule has 0 atom stereocenters. The molecule has 2 aromatic rings. The van der Waals surface area contributed by atoms with Crippen LogP contribution in [0.25, 0.3) is 6.08 Å². The number of esters is 1. The van der Waals surface area contributed by atoms with Gasteiger partial charge in [-0.2, -0.15) is 5.26 Å². The summed E-state index contributed by atoms with van der Waals surface area (Å²) in [6.07, 6.45) is 1.36. The minimum atomic E-state index is -1.12. The van der Waals surface area contributed by atoms with Crippen LogP contribution in [-0.4, -0.2) is 30.1 Å². The lowest BCUT2D eigenvalue weighted by Gasteiger charge is -2.05. The van der Waals surface area contributed by atoms with E-state index in [0.29, 0.717) is 11.1 Å². The number of nitrogens with one attached hydrogen (secondary N) is 1. The van der Waals surface area contributed by atoms with Crippen LogP contribution in [0.5, 0.6) is 0 Å². The second-order valence-corrected chi connectivity index (χ2v) is 5.12. The number of rotatable bonds is 5. The van der Waals surface area contributed by atoms with Crippen molar-refractivity contribution in [2.45, 2.75) is 0 Å². The first kappa shape index (κ1) is 18.4. The fourth-order valence-corrected chi connectivity index (χ4v) is 2.08. The Balaban J connectivity index is 2.19. The number of nitrogens with zero attached hydrogens (tertiary/aromatic N) is 1. The monoisotopic (exact) mass is 350 g/mol. The zero-order valence-corrected chi connectivity index (χ0v) is 13.7. The third kappa shape index (κ3) is 4.55. The number of anilines is 1. The third-order valence-corrected chi connectivity index (χ3v) is 3.38. The largest absolute Gasteiger partial charge is 0.478 e. The van der Waals surface area contributed by atoms with Gasteiger partial charge in [-0.15, -0.1) is 0 Å². The summed E-state index contributed by atoms with van der Waals surface area (Å²) in [5.41, 5.74) is 0.999. The van der Waals surface area contributed by atoms with E-state index in [4.69, 9.17) is 5.11 Å². The number of aromatic carboxylic acids is 1. The maximum atomic E-state index is 12.2. The molecule has 1 amide bonds.